The van der Waals surface area contributed by atoms with Gasteiger partial charge in [0.1, 0.15) is 21.6 Å². The Morgan fingerprint density at radius 2 is 2.07 bits per heavy atom. The third kappa shape index (κ3) is 4.09. The van der Waals surface area contributed by atoms with Crippen LogP contribution in [0.15, 0.2) is 29.2 Å². The fraction of sp³-hybridized carbons (Fsp3) is 0.476. The number of nitrogens with one attached hydrogen (secondary N) is 1. The molecule has 1 aromatic heterocycles. The smallest absolute Gasteiger partial charge is 0.214 e. The molecule has 2 atom stereocenters. The van der Waals surface area contributed by atoms with Crippen LogP contribution in [0.1, 0.15) is 26.2 Å². The summed E-state index contributed by atoms with van der Waals surface area (Å²) in [5, 5.41) is -0.100. The van der Waals surface area contributed by atoms with Gasteiger partial charge in [-0.25, -0.2) is 13.8 Å². The van der Waals surface area contributed by atoms with Crippen molar-refractivity contribution in [2.45, 2.75) is 37.1 Å². The lowest BCUT2D eigenvalue weighted by Crippen LogP contribution is -2.42. The number of likely N-dealkylation sites (tertiary alicyclic amines) is 1. The van der Waals surface area contributed by atoms with Gasteiger partial charge in [0, 0.05) is 30.6 Å². The predicted molar refractivity (Wildman–Crippen MR) is 116 cm³/mol. The average Bonchev–Trinajstić information content (AvgIpc) is 3.31. The van der Waals surface area contributed by atoms with E-state index < -0.39 is 17.6 Å². The van der Waals surface area contributed by atoms with Crippen molar-refractivity contribution in [1.29, 1.82) is 0 Å². The average molecular weight is 457 g/mol. The van der Waals surface area contributed by atoms with Crippen molar-refractivity contribution in [3.8, 4) is 0 Å². The first-order valence-corrected chi connectivity index (χ1v) is 11.2. The normalized spacial score (nSPS) is 24.6. The molecule has 0 amide bonds. The molecule has 2 aromatic rings. The van der Waals surface area contributed by atoms with Gasteiger partial charge in [-0.15, -0.1) is 0 Å². The third-order valence-electron chi connectivity index (χ3n) is 6.24. The predicted octanol–water partition coefficient (Wildman–Crippen LogP) is 5.58. The lowest BCUT2D eigenvalue weighted by molar-refractivity contribution is 0.153. The second-order valence-corrected chi connectivity index (χ2v) is 9.54. The number of aromatic nitrogens is 1. The molecule has 4 rings (SSSR count). The molecule has 2 saturated heterocycles. The Morgan fingerprint density at radius 1 is 1.27 bits per heavy atom. The summed E-state index contributed by atoms with van der Waals surface area (Å²) in [7, 11) is 2.14. The van der Waals surface area contributed by atoms with Gasteiger partial charge in [-0.1, -0.05) is 24.6 Å². The van der Waals surface area contributed by atoms with Crippen LogP contribution < -0.4 is 9.62 Å². The van der Waals surface area contributed by atoms with E-state index in [1.54, 1.807) is 0 Å². The van der Waals surface area contributed by atoms with Crippen molar-refractivity contribution in [3.05, 3.63) is 46.9 Å². The molecule has 2 aliphatic rings. The van der Waals surface area contributed by atoms with Gasteiger partial charge in [-0.3, -0.25) is 0 Å². The maximum absolute atomic E-state index is 15.0. The Balaban J connectivity index is 1.53. The van der Waals surface area contributed by atoms with Gasteiger partial charge in [0.2, 0.25) is 5.95 Å². The minimum Gasteiger partial charge on any atom is -0.370 e. The van der Waals surface area contributed by atoms with E-state index in [0.29, 0.717) is 36.8 Å². The van der Waals surface area contributed by atoms with E-state index in [1.165, 1.54) is 30.7 Å². The highest BCUT2D eigenvalue weighted by Crippen LogP contribution is 2.45. The Morgan fingerprint density at radius 3 is 2.77 bits per heavy atom. The maximum atomic E-state index is 15.0. The van der Waals surface area contributed by atoms with Crippen molar-refractivity contribution in [2.75, 3.05) is 36.3 Å². The highest BCUT2D eigenvalue weighted by atomic mass is 35.5. The minimum atomic E-state index is -0.827. The second-order valence-electron chi connectivity index (χ2n) is 8.35. The first-order chi connectivity index (χ1) is 14.3. The quantitative estimate of drug-likeness (QED) is 0.360. The van der Waals surface area contributed by atoms with E-state index in [2.05, 4.69) is 28.6 Å². The van der Waals surface area contributed by atoms with Crippen LogP contribution in [0.3, 0.4) is 0 Å². The van der Waals surface area contributed by atoms with Gasteiger partial charge in [0.05, 0.1) is 5.69 Å². The molecule has 30 heavy (non-hydrogen) atoms. The summed E-state index contributed by atoms with van der Waals surface area (Å²) in [4.78, 5) is 7.72. The lowest BCUT2D eigenvalue weighted by Gasteiger charge is -2.36. The van der Waals surface area contributed by atoms with E-state index >= 15 is 0 Å². The monoisotopic (exact) mass is 456 g/mol. The number of pyridine rings is 1. The number of rotatable bonds is 5. The van der Waals surface area contributed by atoms with Crippen LogP contribution in [-0.4, -0.2) is 42.6 Å². The van der Waals surface area contributed by atoms with Gasteiger partial charge < -0.3 is 14.5 Å². The highest BCUT2D eigenvalue weighted by Gasteiger charge is 2.44. The molecular formula is C21H24ClF3N4S. The summed E-state index contributed by atoms with van der Waals surface area (Å²) in [5.74, 6) is -2.06. The second kappa shape index (κ2) is 8.48. The maximum Gasteiger partial charge on any atom is 0.214 e. The zero-order chi connectivity index (χ0) is 21.5. The standard InChI is InChI=1S/C21H24ClF3N4S/c1-21(15-5-4-9-28(15)2)8-10-29(12-21)14-11-13(23)20(19(25)18(14)22)30-27-17-7-3-6-16(24)26-17/h3,6-7,11,15H,4-5,8-10,12H2,1-2H3,(H,26,27). The molecule has 0 aliphatic carbocycles. The zero-order valence-electron chi connectivity index (χ0n) is 16.9. The fourth-order valence-electron chi connectivity index (χ4n) is 4.71. The van der Waals surface area contributed by atoms with E-state index in [4.69, 9.17) is 11.6 Å². The Labute approximate surface area is 183 Å². The molecule has 0 spiro atoms. The molecule has 1 N–H and O–H groups in total. The van der Waals surface area contributed by atoms with Crippen molar-refractivity contribution < 1.29 is 13.2 Å². The summed E-state index contributed by atoms with van der Waals surface area (Å²) in [6.07, 6.45) is 3.28. The molecule has 0 bridgehead atoms. The molecule has 9 heteroatoms. The van der Waals surface area contributed by atoms with Crippen LogP contribution in [0.4, 0.5) is 24.7 Å². The molecule has 3 heterocycles. The van der Waals surface area contributed by atoms with Crippen LogP contribution in [0, 0.1) is 23.0 Å². The summed E-state index contributed by atoms with van der Waals surface area (Å²) >= 11 is 7.01. The van der Waals surface area contributed by atoms with E-state index in [0.717, 1.165) is 19.4 Å². The summed E-state index contributed by atoms with van der Waals surface area (Å²) in [5.41, 5.74) is 0.434. The molecule has 2 fully saturated rings. The van der Waals surface area contributed by atoms with Crippen LogP contribution >= 0.6 is 23.5 Å². The highest BCUT2D eigenvalue weighted by molar-refractivity contribution is 8.00. The van der Waals surface area contributed by atoms with E-state index in [1.807, 2.05) is 4.90 Å². The molecule has 2 unspecified atom stereocenters. The largest absolute Gasteiger partial charge is 0.370 e. The number of benzene rings is 1. The van der Waals surface area contributed by atoms with Crippen molar-refractivity contribution in [1.82, 2.24) is 9.88 Å². The third-order valence-corrected chi connectivity index (χ3v) is 7.49. The van der Waals surface area contributed by atoms with Crippen LogP contribution in [0.5, 0.6) is 0 Å². The van der Waals surface area contributed by atoms with Gasteiger partial charge in [-0.05, 0) is 56.9 Å². The van der Waals surface area contributed by atoms with E-state index in [9.17, 15) is 13.2 Å². The molecular weight excluding hydrogens is 433 g/mol. The summed E-state index contributed by atoms with van der Waals surface area (Å²) in [6, 6.07) is 5.91. The van der Waals surface area contributed by atoms with Gasteiger partial charge in [0.15, 0.2) is 5.82 Å². The fourth-order valence-corrected chi connectivity index (χ4v) is 5.70. The van der Waals surface area contributed by atoms with Crippen molar-refractivity contribution >= 4 is 35.1 Å². The molecule has 2 aliphatic heterocycles. The first-order valence-electron chi connectivity index (χ1n) is 9.96. The minimum absolute atomic E-state index is 0.0551. The summed E-state index contributed by atoms with van der Waals surface area (Å²) in [6.45, 7) is 4.75. The van der Waals surface area contributed by atoms with Gasteiger partial charge >= 0.3 is 0 Å². The lowest BCUT2D eigenvalue weighted by atomic mass is 9.80. The van der Waals surface area contributed by atoms with Crippen LogP contribution in [0.25, 0.3) is 0 Å². The number of nitrogens with zero attached hydrogens (tertiary/aromatic N) is 3. The summed E-state index contributed by atoms with van der Waals surface area (Å²) < 4.78 is 45.6. The molecule has 0 saturated carbocycles. The van der Waals surface area contributed by atoms with Gasteiger partial charge in [0.25, 0.3) is 0 Å². The van der Waals surface area contributed by atoms with Crippen molar-refractivity contribution in [2.24, 2.45) is 5.41 Å². The van der Waals surface area contributed by atoms with E-state index in [-0.39, 0.29) is 21.2 Å². The molecule has 0 radical (unpaired) electrons. The zero-order valence-corrected chi connectivity index (χ0v) is 18.5. The van der Waals surface area contributed by atoms with Crippen molar-refractivity contribution in [3.63, 3.8) is 0 Å². The van der Waals surface area contributed by atoms with Gasteiger partial charge in [-0.2, -0.15) is 4.39 Å². The first kappa shape index (κ1) is 21.6. The van der Waals surface area contributed by atoms with Crippen LogP contribution in [0.2, 0.25) is 5.02 Å². The molecule has 1 aromatic carbocycles. The van der Waals surface area contributed by atoms with Crippen LogP contribution in [-0.2, 0) is 0 Å². The SMILES string of the molecule is CN1CCCC1C1(C)CCN(c2cc(F)c(SNc3cccc(F)n3)c(F)c2Cl)C1. The molecule has 162 valence electrons. The Bertz CT molecular complexity index is 947. The number of hydrogen-bond donors (Lipinski definition) is 1. The topological polar surface area (TPSA) is 31.4 Å². The Hall–Kier alpha value is -1.64. The Kier molecular flexibility index (Phi) is 6.10. The molecule has 4 nitrogen and oxygen atoms in total. The number of halogens is 4. The number of anilines is 2. The number of hydrogen-bond acceptors (Lipinski definition) is 5.